The summed E-state index contributed by atoms with van der Waals surface area (Å²) in [6.45, 7) is 0. The topological polar surface area (TPSA) is 89.9 Å². The first kappa shape index (κ1) is 17.0. The molecule has 2 rings (SSSR count). The lowest BCUT2D eigenvalue weighted by molar-refractivity contribution is -0.138. The van der Waals surface area contributed by atoms with Crippen molar-refractivity contribution >= 4 is 17.7 Å². The van der Waals surface area contributed by atoms with Gasteiger partial charge < -0.3 is 14.6 Å². The highest BCUT2D eigenvalue weighted by Gasteiger charge is 2.21. The van der Waals surface area contributed by atoms with Gasteiger partial charge in [-0.2, -0.15) is 0 Å². The van der Waals surface area contributed by atoms with Crippen LogP contribution in [0.15, 0.2) is 66.2 Å². The largest absolute Gasteiger partial charge is 0.497 e. The molecule has 0 amide bonds. The molecule has 0 saturated carbocycles. The molecule has 6 nitrogen and oxygen atoms in total. The Hall–Kier alpha value is -3.41. The van der Waals surface area contributed by atoms with Crippen LogP contribution < -0.4 is 9.47 Å². The molecule has 0 aliphatic carbocycles. The van der Waals surface area contributed by atoms with Gasteiger partial charge in [-0.3, -0.25) is 4.79 Å². The molecule has 6 heteroatoms. The summed E-state index contributed by atoms with van der Waals surface area (Å²) in [5, 5.41) is 9.16. The van der Waals surface area contributed by atoms with Gasteiger partial charge in [-0.15, -0.1) is 0 Å². The van der Waals surface area contributed by atoms with Gasteiger partial charge in [0.2, 0.25) is 0 Å². The van der Waals surface area contributed by atoms with Crippen molar-refractivity contribution in [3.05, 3.63) is 71.8 Å². The predicted octanol–water partition coefficient (Wildman–Crippen LogP) is 2.49. The van der Waals surface area contributed by atoms with Crippen molar-refractivity contribution in [3.63, 3.8) is 0 Å². The van der Waals surface area contributed by atoms with Gasteiger partial charge in [0.15, 0.2) is 5.78 Å². The van der Waals surface area contributed by atoms with Crippen LogP contribution in [-0.4, -0.2) is 29.9 Å². The average Bonchev–Trinajstić information content (AvgIpc) is 2.60. The third kappa shape index (κ3) is 4.30. The van der Waals surface area contributed by atoms with Crippen LogP contribution in [0.4, 0.5) is 0 Å². The van der Waals surface area contributed by atoms with Gasteiger partial charge >= 0.3 is 11.9 Å². The van der Waals surface area contributed by atoms with Gasteiger partial charge in [-0.1, -0.05) is 18.2 Å². The Kier molecular flexibility index (Phi) is 5.46. The van der Waals surface area contributed by atoms with Gasteiger partial charge in [0.25, 0.3) is 0 Å². The maximum Gasteiger partial charge on any atom is 0.351 e. The summed E-state index contributed by atoms with van der Waals surface area (Å²) in [6.07, 6.45) is 0.745. The van der Waals surface area contributed by atoms with E-state index in [2.05, 4.69) is 0 Å². The second-order valence-electron chi connectivity index (χ2n) is 4.66. The molecule has 0 saturated heterocycles. The van der Waals surface area contributed by atoms with E-state index in [4.69, 9.17) is 14.6 Å². The fraction of sp³-hybridized carbons (Fsp3) is 0.0556. The Morgan fingerprint density at radius 3 is 2.08 bits per heavy atom. The molecule has 0 aromatic heterocycles. The lowest BCUT2D eigenvalue weighted by Crippen LogP contribution is -2.19. The summed E-state index contributed by atoms with van der Waals surface area (Å²) in [6, 6.07) is 14.1. The summed E-state index contributed by atoms with van der Waals surface area (Å²) in [4.78, 5) is 35.4. The number of carbonyl (C=O) groups excluding carboxylic acids is 2. The van der Waals surface area contributed by atoms with Crippen LogP contribution in [0.3, 0.4) is 0 Å². The number of carbonyl (C=O) groups is 3. The zero-order chi connectivity index (χ0) is 17.5. The zero-order valence-corrected chi connectivity index (χ0v) is 12.8. The smallest absolute Gasteiger partial charge is 0.351 e. The molecular weight excluding hydrogens is 312 g/mol. The van der Waals surface area contributed by atoms with Crippen molar-refractivity contribution in [2.24, 2.45) is 0 Å². The summed E-state index contributed by atoms with van der Waals surface area (Å²) >= 11 is 0. The zero-order valence-electron chi connectivity index (χ0n) is 12.8. The second-order valence-corrected chi connectivity index (χ2v) is 4.66. The van der Waals surface area contributed by atoms with Crippen molar-refractivity contribution in [3.8, 4) is 11.5 Å². The number of esters is 1. The average molecular weight is 326 g/mol. The van der Waals surface area contributed by atoms with Crippen molar-refractivity contribution in [2.75, 3.05) is 7.11 Å². The normalized spacial score (nSPS) is 10.8. The first-order chi connectivity index (χ1) is 11.5. The number of ketones is 1. The second kappa shape index (κ2) is 7.73. The summed E-state index contributed by atoms with van der Waals surface area (Å²) < 4.78 is 9.93. The molecule has 0 bridgehead atoms. The molecule has 0 aliphatic heterocycles. The van der Waals surface area contributed by atoms with Gasteiger partial charge in [0.05, 0.1) is 7.11 Å². The Morgan fingerprint density at radius 2 is 1.54 bits per heavy atom. The minimum Gasteiger partial charge on any atom is -0.497 e. The molecule has 2 aromatic carbocycles. The number of aliphatic carboxylic acids is 1. The van der Waals surface area contributed by atoms with E-state index in [0.717, 1.165) is 6.08 Å². The fourth-order valence-corrected chi connectivity index (χ4v) is 1.83. The van der Waals surface area contributed by atoms with Crippen LogP contribution in [0, 0.1) is 0 Å². The molecule has 0 radical (unpaired) electrons. The van der Waals surface area contributed by atoms with Gasteiger partial charge in [-0.05, 0) is 36.4 Å². The van der Waals surface area contributed by atoms with Gasteiger partial charge in [0.1, 0.15) is 17.1 Å². The van der Waals surface area contributed by atoms with Crippen LogP contribution >= 0.6 is 0 Å². The molecule has 0 heterocycles. The number of benzene rings is 2. The van der Waals surface area contributed by atoms with Crippen molar-refractivity contribution in [1.82, 2.24) is 0 Å². The molecule has 0 atom stereocenters. The van der Waals surface area contributed by atoms with E-state index < -0.39 is 23.3 Å². The first-order valence-electron chi connectivity index (χ1n) is 6.92. The Bertz CT molecular complexity index is 775. The standard InChI is InChI=1S/C18H14O6/c1-23-13-9-7-12(8-10-13)16(19)11-15(17(20)21)18(22)24-14-5-3-2-4-6-14/h2-11H,1H3,(H,20,21)/b15-11+. The van der Waals surface area contributed by atoms with E-state index in [1.165, 1.54) is 31.4 Å². The molecular formula is C18H14O6. The predicted molar refractivity (Wildman–Crippen MR) is 85.1 cm³/mol. The molecule has 0 fully saturated rings. The third-order valence-electron chi connectivity index (χ3n) is 3.05. The molecule has 0 unspecified atom stereocenters. The number of hydrogen-bond acceptors (Lipinski definition) is 5. The van der Waals surface area contributed by atoms with E-state index in [1.54, 1.807) is 30.3 Å². The van der Waals surface area contributed by atoms with Crippen LogP contribution in [0.25, 0.3) is 0 Å². The van der Waals surface area contributed by atoms with E-state index in [9.17, 15) is 14.4 Å². The number of rotatable bonds is 6. The molecule has 24 heavy (non-hydrogen) atoms. The highest BCUT2D eigenvalue weighted by Crippen LogP contribution is 2.14. The van der Waals surface area contributed by atoms with Crippen LogP contribution in [0.2, 0.25) is 0 Å². The number of ether oxygens (including phenoxy) is 2. The number of carboxylic acids is 1. The third-order valence-corrected chi connectivity index (χ3v) is 3.05. The summed E-state index contributed by atoms with van der Waals surface area (Å²) in [7, 11) is 1.48. The molecule has 1 N–H and O–H groups in total. The quantitative estimate of drug-likeness (QED) is 0.219. The number of methoxy groups -OCH3 is 1. The molecule has 0 spiro atoms. The lowest BCUT2D eigenvalue weighted by atomic mass is 10.1. The lowest BCUT2D eigenvalue weighted by Gasteiger charge is -2.05. The number of para-hydroxylation sites is 1. The van der Waals surface area contributed by atoms with E-state index in [-0.39, 0.29) is 11.3 Å². The van der Waals surface area contributed by atoms with E-state index in [1.807, 2.05) is 0 Å². The highest BCUT2D eigenvalue weighted by molar-refractivity contribution is 6.20. The Morgan fingerprint density at radius 1 is 0.917 bits per heavy atom. The van der Waals surface area contributed by atoms with E-state index in [0.29, 0.717) is 5.75 Å². The van der Waals surface area contributed by atoms with E-state index >= 15 is 0 Å². The van der Waals surface area contributed by atoms with Crippen LogP contribution in [0.5, 0.6) is 11.5 Å². The van der Waals surface area contributed by atoms with Crippen molar-refractivity contribution < 1.29 is 29.0 Å². The number of allylic oxidation sites excluding steroid dienone is 1. The maximum absolute atomic E-state index is 12.1. The molecule has 2 aromatic rings. The number of carboxylic acid groups (broad SMARTS) is 1. The first-order valence-corrected chi connectivity index (χ1v) is 6.92. The van der Waals surface area contributed by atoms with Crippen molar-refractivity contribution in [2.45, 2.75) is 0 Å². The number of hydrogen-bond donors (Lipinski definition) is 1. The highest BCUT2D eigenvalue weighted by atomic mass is 16.5. The van der Waals surface area contributed by atoms with Gasteiger partial charge in [-0.25, -0.2) is 9.59 Å². The minimum absolute atomic E-state index is 0.187. The van der Waals surface area contributed by atoms with Crippen LogP contribution in [-0.2, 0) is 9.59 Å². The Balaban J connectivity index is 2.21. The SMILES string of the molecule is COc1ccc(C(=O)/C=C(\C(=O)O)C(=O)Oc2ccccc2)cc1. The monoisotopic (exact) mass is 326 g/mol. The van der Waals surface area contributed by atoms with Crippen LogP contribution in [0.1, 0.15) is 10.4 Å². The minimum atomic E-state index is -1.54. The summed E-state index contributed by atoms with van der Waals surface area (Å²) in [5.74, 6) is -2.54. The Labute approximate surface area is 137 Å². The molecule has 0 aliphatic rings. The van der Waals surface area contributed by atoms with Gasteiger partial charge in [0, 0.05) is 11.6 Å². The van der Waals surface area contributed by atoms with Crippen molar-refractivity contribution in [1.29, 1.82) is 0 Å². The fourth-order valence-electron chi connectivity index (χ4n) is 1.83. The molecule has 122 valence electrons. The summed E-state index contributed by atoms with van der Waals surface area (Å²) in [5.41, 5.74) is -0.526. The maximum atomic E-state index is 12.1.